The van der Waals surface area contributed by atoms with E-state index in [0.29, 0.717) is 23.9 Å². The molecule has 3 atom stereocenters. The molecule has 0 bridgehead atoms. The van der Waals surface area contributed by atoms with Gasteiger partial charge in [0.2, 0.25) is 0 Å². The summed E-state index contributed by atoms with van der Waals surface area (Å²) in [5, 5.41) is 0. The smallest absolute Gasteiger partial charge is 0.306 e. The summed E-state index contributed by atoms with van der Waals surface area (Å²) in [7, 11) is 1.18. The minimum absolute atomic E-state index is 0.213. The van der Waals surface area contributed by atoms with Crippen molar-refractivity contribution in [2.45, 2.75) is 219 Å². The second-order valence-electron chi connectivity index (χ2n) is 16.8. The number of quaternary nitrogens is 1. The topological polar surface area (TPSA) is 111 Å². The highest BCUT2D eigenvalue weighted by Gasteiger charge is 2.25. The van der Waals surface area contributed by atoms with Gasteiger partial charge in [-0.3, -0.25) is 14.2 Å². The van der Waals surface area contributed by atoms with Crippen LogP contribution >= 0.6 is 7.82 Å². The minimum Gasteiger partial charge on any atom is -0.756 e. The zero-order valence-corrected chi connectivity index (χ0v) is 38.1. The van der Waals surface area contributed by atoms with Crippen LogP contribution in [-0.2, 0) is 32.7 Å². The van der Waals surface area contributed by atoms with Crippen LogP contribution in [-0.4, -0.2) is 69.5 Å². The molecule has 0 aromatic rings. The summed E-state index contributed by atoms with van der Waals surface area (Å²) >= 11 is 0. The largest absolute Gasteiger partial charge is 0.756 e. The van der Waals surface area contributed by atoms with Gasteiger partial charge >= 0.3 is 11.9 Å². The number of ether oxygens (including phenoxy) is 2. The van der Waals surface area contributed by atoms with E-state index in [4.69, 9.17) is 18.5 Å². The fraction of sp³-hybridized carbons (Fsp3) is 0.870. The average Bonchev–Trinajstić information content (AvgIpc) is 3.14. The molecule has 0 amide bonds. The molecule has 0 saturated carbocycles. The Balaban J connectivity index is 4.55. The monoisotopic (exact) mass is 814 g/mol. The van der Waals surface area contributed by atoms with Gasteiger partial charge in [0.25, 0.3) is 7.82 Å². The van der Waals surface area contributed by atoms with Gasteiger partial charge in [0.1, 0.15) is 19.3 Å². The molecule has 56 heavy (non-hydrogen) atoms. The standard InChI is InChI=1S/C46H88NO8P/c1-7-10-12-14-16-18-20-22-24-26-28-30-32-34-36-38-45(48)52-41-44(42-53-56(50,51)55-43(9-3)40-47(4,5)6)54-46(49)39-37-35-33-31-29-27-25-23-21-19-17-15-13-11-8-2/h22-25,43-44H,7-21,26-42H2,1-6H3/b24-22-,25-23-/t43?,44-/m1/s1. The van der Waals surface area contributed by atoms with Gasteiger partial charge in [0.05, 0.1) is 27.7 Å². The second kappa shape index (κ2) is 37.7. The number of likely N-dealkylation sites (N-methyl/N-ethyl adjacent to an activating group) is 1. The highest BCUT2D eigenvalue weighted by Crippen LogP contribution is 2.41. The van der Waals surface area contributed by atoms with E-state index in [1.165, 1.54) is 89.9 Å². The molecule has 0 heterocycles. The first kappa shape index (κ1) is 54.5. The average molecular weight is 814 g/mol. The van der Waals surface area contributed by atoms with Gasteiger partial charge < -0.3 is 27.9 Å². The van der Waals surface area contributed by atoms with Crippen LogP contribution in [0.2, 0.25) is 0 Å². The predicted octanol–water partition coefficient (Wildman–Crippen LogP) is 12.5. The maximum absolute atomic E-state index is 12.8. The first-order chi connectivity index (χ1) is 26.9. The molecule has 0 aliphatic heterocycles. The number of allylic oxidation sites excluding steroid dienone is 4. The molecule has 0 rings (SSSR count). The zero-order valence-electron chi connectivity index (χ0n) is 37.3. The molecule has 10 heteroatoms. The molecule has 330 valence electrons. The Morgan fingerprint density at radius 1 is 0.554 bits per heavy atom. The lowest BCUT2D eigenvalue weighted by atomic mass is 10.1. The summed E-state index contributed by atoms with van der Waals surface area (Å²) in [6.45, 7) is 6.10. The number of hydrogen-bond donors (Lipinski definition) is 0. The first-order valence-electron chi connectivity index (χ1n) is 23.0. The maximum Gasteiger partial charge on any atom is 0.306 e. The molecule has 2 unspecified atom stereocenters. The fourth-order valence-electron chi connectivity index (χ4n) is 6.53. The third kappa shape index (κ3) is 39.3. The molecular formula is C46H88NO8P. The van der Waals surface area contributed by atoms with Crippen molar-refractivity contribution >= 4 is 19.8 Å². The van der Waals surface area contributed by atoms with Gasteiger partial charge in [-0.1, -0.05) is 148 Å². The van der Waals surface area contributed by atoms with Gasteiger partial charge in [-0.15, -0.1) is 0 Å². The molecule has 0 aromatic heterocycles. The van der Waals surface area contributed by atoms with Crippen LogP contribution in [0.1, 0.15) is 207 Å². The number of phosphoric acid groups is 1. The molecule has 0 saturated heterocycles. The normalized spacial score (nSPS) is 14.3. The number of carbonyl (C=O) groups is 2. The van der Waals surface area contributed by atoms with Gasteiger partial charge in [-0.2, -0.15) is 0 Å². The number of rotatable bonds is 41. The van der Waals surface area contributed by atoms with Crippen LogP contribution < -0.4 is 4.89 Å². The van der Waals surface area contributed by atoms with Crippen LogP contribution in [0.25, 0.3) is 0 Å². The summed E-state index contributed by atoms with van der Waals surface area (Å²) in [5.41, 5.74) is 0. The van der Waals surface area contributed by atoms with Crippen molar-refractivity contribution in [1.82, 2.24) is 0 Å². The molecule has 9 nitrogen and oxygen atoms in total. The summed E-state index contributed by atoms with van der Waals surface area (Å²) in [4.78, 5) is 38.0. The number of phosphoric ester groups is 1. The van der Waals surface area contributed by atoms with Crippen molar-refractivity contribution < 1.29 is 42.1 Å². The Hall–Kier alpha value is -1.51. The summed E-state index contributed by atoms with van der Waals surface area (Å²) in [6.07, 6.45) is 39.0. The molecule has 0 N–H and O–H groups in total. The summed E-state index contributed by atoms with van der Waals surface area (Å²) in [5.74, 6) is -0.848. The number of carbonyl (C=O) groups excluding carboxylic acids is 2. The van der Waals surface area contributed by atoms with Gasteiger partial charge in [0.15, 0.2) is 6.10 Å². The molecule has 0 spiro atoms. The fourth-order valence-corrected chi connectivity index (χ4v) is 7.53. The molecule has 0 radical (unpaired) electrons. The molecule has 0 fully saturated rings. The van der Waals surface area contributed by atoms with E-state index in [0.717, 1.165) is 70.6 Å². The Morgan fingerprint density at radius 2 is 0.946 bits per heavy atom. The van der Waals surface area contributed by atoms with Gasteiger partial charge in [-0.05, 0) is 70.6 Å². The van der Waals surface area contributed by atoms with Crippen molar-refractivity contribution in [1.29, 1.82) is 0 Å². The van der Waals surface area contributed by atoms with Crippen LogP contribution in [0.15, 0.2) is 24.3 Å². The number of esters is 2. The third-order valence-corrected chi connectivity index (χ3v) is 10.9. The van der Waals surface area contributed by atoms with Gasteiger partial charge in [-0.25, -0.2) is 0 Å². The van der Waals surface area contributed by atoms with E-state index in [1.54, 1.807) is 0 Å². The van der Waals surface area contributed by atoms with Crippen molar-refractivity contribution in [3.8, 4) is 0 Å². The Labute approximate surface area is 345 Å². The van der Waals surface area contributed by atoms with Crippen LogP contribution in [0.5, 0.6) is 0 Å². The lowest BCUT2D eigenvalue weighted by molar-refractivity contribution is -0.873. The molecule has 0 aliphatic carbocycles. The number of nitrogens with zero attached hydrogens (tertiary/aromatic N) is 1. The quantitative estimate of drug-likeness (QED) is 0.0197. The van der Waals surface area contributed by atoms with Gasteiger partial charge in [0, 0.05) is 12.8 Å². The minimum atomic E-state index is -4.70. The van der Waals surface area contributed by atoms with Crippen molar-refractivity contribution in [2.75, 3.05) is 40.9 Å². The molecule has 0 aliphatic rings. The second-order valence-corrected chi connectivity index (χ2v) is 18.2. The Kier molecular flexibility index (Phi) is 36.7. The third-order valence-electron chi connectivity index (χ3n) is 9.92. The predicted molar refractivity (Wildman–Crippen MR) is 231 cm³/mol. The highest BCUT2D eigenvalue weighted by atomic mass is 31.2. The number of hydrogen-bond acceptors (Lipinski definition) is 8. The Bertz CT molecular complexity index is 1030. The maximum atomic E-state index is 12.8. The number of unbranched alkanes of at least 4 members (excludes halogenated alkanes) is 22. The van der Waals surface area contributed by atoms with Crippen molar-refractivity contribution in [2.24, 2.45) is 0 Å². The SMILES string of the molecule is CCCCCCCC/C=C\CCCCCCCC(=O)OC[C@H](COP(=O)([O-])OC(CC)C[N+](C)(C)C)OC(=O)CCCCCCC/C=C\CCCCCCCC. The van der Waals surface area contributed by atoms with E-state index in [9.17, 15) is 19.0 Å². The summed E-state index contributed by atoms with van der Waals surface area (Å²) < 4.78 is 34.8. The van der Waals surface area contributed by atoms with E-state index in [-0.39, 0.29) is 19.4 Å². The Morgan fingerprint density at radius 3 is 1.36 bits per heavy atom. The molecular weight excluding hydrogens is 725 g/mol. The highest BCUT2D eigenvalue weighted by molar-refractivity contribution is 7.45. The van der Waals surface area contributed by atoms with Crippen LogP contribution in [0.4, 0.5) is 0 Å². The van der Waals surface area contributed by atoms with Crippen molar-refractivity contribution in [3.63, 3.8) is 0 Å². The zero-order chi connectivity index (χ0) is 41.6. The van der Waals surface area contributed by atoms with Crippen LogP contribution in [0, 0.1) is 0 Å². The van der Waals surface area contributed by atoms with Crippen molar-refractivity contribution in [3.05, 3.63) is 24.3 Å². The lowest BCUT2D eigenvalue weighted by Crippen LogP contribution is -2.42. The van der Waals surface area contributed by atoms with Crippen LogP contribution in [0.3, 0.4) is 0 Å². The summed E-state index contributed by atoms with van der Waals surface area (Å²) in [6, 6.07) is 0. The lowest BCUT2D eigenvalue weighted by Gasteiger charge is -2.33. The molecule has 0 aromatic carbocycles. The van der Waals surface area contributed by atoms with E-state index in [1.807, 2.05) is 28.1 Å². The van der Waals surface area contributed by atoms with E-state index < -0.39 is 38.6 Å². The van der Waals surface area contributed by atoms with E-state index >= 15 is 0 Å². The first-order valence-corrected chi connectivity index (χ1v) is 24.5. The van der Waals surface area contributed by atoms with E-state index in [2.05, 4.69) is 38.2 Å².